The van der Waals surface area contributed by atoms with Gasteiger partial charge in [0, 0.05) is 24.0 Å². The van der Waals surface area contributed by atoms with Crippen LogP contribution in [0.25, 0.3) is 0 Å². The molecule has 0 saturated carbocycles. The van der Waals surface area contributed by atoms with Crippen molar-refractivity contribution < 1.29 is 4.92 Å². The van der Waals surface area contributed by atoms with Crippen molar-refractivity contribution in [2.75, 3.05) is 13.6 Å². The summed E-state index contributed by atoms with van der Waals surface area (Å²) in [4.78, 5) is 13.2. The Morgan fingerprint density at radius 1 is 1.62 bits per heavy atom. The molecule has 0 spiro atoms. The third-order valence-electron chi connectivity index (χ3n) is 3.80. The highest BCUT2D eigenvalue weighted by Gasteiger charge is 2.54. The van der Waals surface area contributed by atoms with Gasteiger partial charge in [-0.1, -0.05) is 32.8 Å². The summed E-state index contributed by atoms with van der Waals surface area (Å²) >= 11 is 0. The zero-order valence-electron chi connectivity index (χ0n) is 10.5. The molecule has 1 aliphatic heterocycles. The molecular formula is C12H22N2O2. The van der Waals surface area contributed by atoms with Crippen LogP contribution in [0.2, 0.25) is 0 Å². The maximum atomic E-state index is 11.2. The molecule has 0 unspecified atom stereocenters. The molecule has 1 rings (SSSR count). The van der Waals surface area contributed by atoms with Crippen LogP contribution in [0.15, 0.2) is 12.2 Å². The molecular weight excluding hydrogens is 204 g/mol. The largest absolute Gasteiger partial charge is 0.292 e. The summed E-state index contributed by atoms with van der Waals surface area (Å²) in [5.41, 5.74) is -0.218. The molecule has 1 heterocycles. The Morgan fingerprint density at radius 2 is 2.25 bits per heavy atom. The molecule has 0 bridgehead atoms. The minimum absolute atomic E-state index is 0.00144. The number of rotatable bonds is 5. The van der Waals surface area contributed by atoms with Crippen LogP contribution in [-0.2, 0) is 0 Å². The van der Waals surface area contributed by atoms with E-state index >= 15 is 0 Å². The molecule has 0 aromatic heterocycles. The zero-order valence-corrected chi connectivity index (χ0v) is 10.5. The summed E-state index contributed by atoms with van der Waals surface area (Å²) in [5.74, 6) is 0. The van der Waals surface area contributed by atoms with Gasteiger partial charge in [-0.3, -0.25) is 15.0 Å². The van der Waals surface area contributed by atoms with Crippen molar-refractivity contribution in [3.8, 4) is 0 Å². The van der Waals surface area contributed by atoms with Gasteiger partial charge in [0.25, 0.3) is 5.54 Å². The lowest BCUT2D eigenvalue weighted by Gasteiger charge is -2.26. The van der Waals surface area contributed by atoms with Crippen LogP contribution >= 0.6 is 0 Å². The van der Waals surface area contributed by atoms with Gasteiger partial charge in [-0.2, -0.15) is 0 Å². The first kappa shape index (κ1) is 13.2. The maximum absolute atomic E-state index is 11.2. The van der Waals surface area contributed by atoms with E-state index in [1.165, 1.54) is 0 Å². The topological polar surface area (TPSA) is 46.4 Å². The van der Waals surface area contributed by atoms with Crippen molar-refractivity contribution in [2.24, 2.45) is 0 Å². The summed E-state index contributed by atoms with van der Waals surface area (Å²) in [6, 6.07) is 0.00144. The highest BCUT2D eigenvalue weighted by Crippen LogP contribution is 2.36. The molecule has 0 radical (unpaired) electrons. The van der Waals surface area contributed by atoms with Gasteiger partial charge in [0.15, 0.2) is 0 Å². The highest BCUT2D eigenvalue weighted by molar-refractivity contribution is 5.23. The second-order valence-electron chi connectivity index (χ2n) is 4.93. The number of nitro groups is 1. The smallest absolute Gasteiger partial charge is 0.256 e. The fraction of sp³-hybridized carbons (Fsp3) is 0.833. The third kappa shape index (κ3) is 2.12. The van der Waals surface area contributed by atoms with Gasteiger partial charge >= 0.3 is 0 Å². The molecule has 4 nitrogen and oxygen atoms in total. The monoisotopic (exact) mass is 226 g/mol. The molecule has 92 valence electrons. The number of likely N-dealkylation sites (N-methyl/N-ethyl adjacent to an activating group) is 1. The Morgan fingerprint density at radius 3 is 2.75 bits per heavy atom. The molecule has 1 fully saturated rings. The van der Waals surface area contributed by atoms with E-state index in [2.05, 4.69) is 18.4 Å². The fourth-order valence-corrected chi connectivity index (χ4v) is 2.58. The van der Waals surface area contributed by atoms with E-state index in [9.17, 15) is 10.1 Å². The van der Waals surface area contributed by atoms with Crippen molar-refractivity contribution in [2.45, 2.75) is 51.1 Å². The first-order valence-corrected chi connectivity index (χ1v) is 5.97. The molecule has 0 N–H and O–H groups in total. The van der Waals surface area contributed by atoms with Crippen molar-refractivity contribution in [1.82, 2.24) is 4.90 Å². The summed E-state index contributed by atoms with van der Waals surface area (Å²) in [6.45, 7) is 8.38. The van der Waals surface area contributed by atoms with E-state index in [4.69, 9.17) is 0 Å². The average molecular weight is 226 g/mol. The number of unbranched alkanes of at least 4 members (excludes halogenated alkanes) is 2. The van der Waals surface area contributed by atoms with Gasteiger partial charge in [0.1, 0.15) is 0 Å². The Kier molecular flexibility index (Phi) is 4.08. The summed E-state index contributed by atoms with van der Waals surface area (Å²) in [7, 11) is 1.95. The van der Waals surface area contributed by atoms with E-state index < -0.39 is 5.54 Å². The van der Waals surface area contributed by atoms with E-state index in [0.29, 0.717) is 6.54 Å². The fourth-order valence-electron chi connectivity index (χ4n) is 2.58. The molecule has 0 aromatic rings. The van der Waals surface area contributed by atoms with Crippen LogP contribution < -0.4 is 0 Å². The predicted molar refractivity (Wildman–Crippen MR) is 65.1 cm³/mol. The van der Waals surface area contributed by atoms with Crippen LogP contribution in [0, 0.1) is 10.1 Å². The molecule has 0 aromatic carbocycles. The molecule has 4 heteroatoms. The van der Waals surface area contributed by atoms with Gasteiger partial charge in [-0.25, -0.2) is 0 Å². The summed E-state index contributed by atoms with van der Waals surface area (Å²) in [6.07, 6.45) is 4.24. The molecule has 2 atom stereocenters. The Hall–Kier alpha value is -0.900. The predicted octanol–water partition coefficient (Wildman–Crippen LogP) is 2.47. The molecule has 1 aliphatic rings. The van der Waals surface area contributed by atoms with Gasteiger partial charge in [0.05, 0.1) is 6.04 Å². The van der Waals surface area contributed by atoms with Gasteiger partial charge < -0.3 is 0 Å². The van der Waals surface area contributed by atoms with E-state index in [0.717, 1.165) is 31.3 Å². The van der Waals surface area contributed by atoms with Crippen molar-refractivity contribution >= 4 is 0 Å². The molecule has 1 saturated heterocycles. The molecule has 16 heavy (non-hydrogen) atoms. The van der Waals surface area contributed by atoms with E-state index in [1.807, 2.05) is 7.05 Å². The standard InChI is InChI=1S/C12H22N2O2/c1-5-6-7-8-11-12(3,14(15)16)10(2)9-13(11)4/h11H,2,5-9H2,1,3-4H3/t11-,12+/m0/s1. The van der Waals surface area contributed by atoms with Gasteiger partial charge in [-0.05, 0) is 13.5 Å². The van der Waals surface area contributed by atoms with Gasteiger partial charge in [-0.15, -0.1) is 0 Å². The maximum Gasteiger partial charge on any atom is 0.256 e. The Labute approximate surface area is 97.5 Å². The summed E-state index contributed by atoms with van der Waals surface area (Å²) < 4.78 is 0. The number of nitrogens with zero attached hydrogens (tertiary/aromatic N) is 2. The van der Waals surface area contributed by atoms with E-state index in [1.54, 1.807) is 6.92 Å². The van der Waals surface area contributed by atoms with Crippen LogP contribution in [0.5, 0.6) is 0 Å². The van der Waals surface area contributed by atoms with Crippen molar-refractivity contribution in [1.29, 1.82) is 0 Å². The van der Waals surface area contributed by atoms with E-state index in [-0.39, 0.29) is 11.0 Å². The molecule has 0 amide bonds. The first-order valence-electron chi connectivity index (χ1n) is 5.97. The Balaban J connectivity index is 2.78. The minimum atomic E-state index is -0.956. The van der Waals surface area contributed by atoms with Crippen molar-refractivity contribution in [3.63, 3.8) is 0 Å². The second-order valence-corrected chi connectivity index (χ2v) is 4.93. The van der Waals surface area contributed by atoms with Crippen LogP contribution in [-0.4, -0.2) is 35.0 Å². The SMILES string of the molecule is C=C1CN(C)[C@@H](CCCCC)[C@]1(C)[N+](=O)[O-]. The number of hydrogen-bond acceptors (Lipinski definition) is 3. The lowest BCUT2D eigenvalue weighted by atomic mass is 9.87. The van der Waals surface area contributed by atoms with Crippen LogP contribution in [0.1, 0.15) is 39.5 Å². The average Bonchev–Trinajstić information content (AvgIpc) is 2.42. The zero-order chi connectivity index (χ0) is 12.3. The van der Waals surface area contributed by atoms with Crippen LogP contribution in [0.4, 0.5) is 0 Å². The summed E-state index contributed by atoms with van der Waals surface area (Å²) in [5, 5.41) is 11.2. The second kappa shape index (κ2) is 4.95. The lowest BCUT2D eigenvalue weighted by Crippen LogP contribution is -2.47. The number of likely N-dealkylation sites (tertiary alicyclic amines) is 1. The molecule has 0 aliphatic carbocycles. The highest BCUT2D eigenvalue weighted by atomic mass is 16.6. The lowest BCUT2D eigenvalue weighted by molar-refractivity contribution is -0.557. The first-order chi connectivity index (χ1) is 7.44. The Bertz CT molecular complexity index is 291. The quantitative estimate of drug-likeness (QED) is 0.313. The van der Waals surface area contributed by atoms with Crippen LogP contribution in [0.3, 0.4) is 0 Å². The normalized spacial score (nSPS) is 30.9. The van der Waals surface area contributed by atoms with Gasteiger partial charge in [0.2, 0.25) is 0 Å². The third-order valence-corrected chi connectivity index (χ3v) is 3.80. The number of hydrogen-bond donors (Lipinski definition) is 0. The van der Waals surface area contributed by atoms with Crippen molar-refractivity contribution in [3.05, 3.63) is 22.3 Å². The minimum Gasteiger partial charge on any atom is -0.292 e.